The molecule has 1 heterocycles. The van der Waals surface area contributed by atoms with E-state index in [2.05, 4.69) is 21.2 Å². The van der Waals surface area contributed by atoms with Crippen molar-refractivity contribution in [2.75, 3.05) is 13.2 Å². The van der Waals surface area contributed by atoms with Crippen LogP contribution in [0, 0.1) is 0 Å². The van der Waals surface area contributed by atoms with Crippen LogP contribution >= 0.6 is 63.1 Å². The van der Waals surface area contributed by atoms with Gasteiger partial charge < -0.3 is 14.8 Å². The molecule has 3 rings (SSSR count). The van der Waals surface area contributed by atoms with Gasteiger partial charge in [0.1, 0.15) is 29.0 Å². The lowest BCUT2D eigenvalue weighted by Crippen LogP contribution is -2.17. The van der Waals surface area contributed by atoms with Crippen molar-refractivity contribution in [3.63, 3.8) is 0 Å². The SMILES string of the molecule is O=C1NC(=S)SC1=Cc1cc(Br)ccc1OCCOc1cc(Cl)cc(Cl)c1. The van der Waals surface area contributed by atoms with Crippen molar-refractivity contribution in [1.29, 1.82) is 0 Å². The second kappa shape index (κ2) is 9.30. The molecule has 1 fully saturated rings. The van der Waals surface area contributed by atoms with Gasteiger partial charge in [-0.1, -0.05) is 63.1 Å². The number of nitrogens with one attached hydrogen (secondary N) is 1. The molecule has 0 aliphatic carbocycles. The fourth-order valence-corrected chi connectivity index (χ4v) is 4.17. The number of amides is 1. The summed E-state index contributed by atoms with van der Waals surface area (Å²) in [6.45, 7) is 0.613. The molecule has 0 spiro atoms. The van der Waals surface area contributed by atoms with Crippen LogP contribution in [0.15, 0.2) is 45.8 Å². The first-order valence-corrected chi connectivity index (χ1v) is 10.4. The van der Waals surface area contributed by atoms with Gasteiger partial charge in [0.05, 0.1) is 4.91 Å². The Morgan fingerprint density at radius 3 is 2.48 bits per heavy atom. The zero-order chi connectivity index (χ0) is 19.4. The lowest BCUT2D eigenvalue weighted by molar-refractivity contribution is -0.115. The second-order valence-electron chi connectivity index (χ2n) is 5.34. The molecule has 27 heavy (non-hydrogen) atoms. The van der Waals surface area contributed by atoms with Crippen LogP contribution in [0.3, 0.4) is 0 Å². The van der Waals surface area contributed by atoms with E-state index in [1.807, 2.05) is 18.2 Å². The maximum atomic E-state index is 11.9. The van der Waals surface area contributed by atoms with Crippen LogP contribution in [0.5, 0.6) is 11.5 Å². The van der Waals surface area contributed by atoms with Crippen molar-refractivity contribution in [3.05, 3.63) is 61.4 Å². The molecule has 0 bridgehead atoms. The number of benzene rings is 2. The van der Waals surface area contributed by atoms with E-state index in [-0.39, 0.29) is 5.91 Å². The number of hydrogen-bond acceptors (Lipinski definition) is 5. The molecule has 0 unspecified atom stereocenters. The highest BCUT2D eigenvalue weighted by Gasteiger charge is 2.22. The molecular formula is C18H12BrCl2NO3S2. The molecule has 1 aliphatic rings. The van der Waals surface area contributed by atoms with Crippen LogP contribution in [0.25, 0.3) is 6.08 Å². The quantitative estimate of drug-likeness (QED) is 0.310. The molecule has 1 amide bonds. The Labute approximate surface area is 184 Å². The molecule has 4 nitrogen and oxygen atoms in total. The van der Waals surface area contributed by atoms with E-state index in [1.165, 1.54) is 11.8 Å². The maximum absolute atomic E-state index is 11.9. The first-order valence-electron chi connectivity index (χ1n) is 7.67. The van der Waals surface area contributed by atoms with Gasteiger partial charge in [-0.05, 0) is 42.5 Å². The monoisotopic (exact) mass is 503 g/mol. The summed E-state index contributed by atoms with van der Waals surface area (Å²) in [4.78, 5) is 12.4. The highest BCUT2D eigenvalue weighted by molar-refractivity contribution is 9.10. The molecule has 9 heteroatoms. The van der Waals surface area contributed by atoms with Crippen molar-refractivity contribution < 1.29 is 14.3 Å². The summed E-state index contributed by atoms with van der Waals surface area (Å²) in [7, 11) is 0. The summed E-state index contributed by atoms with van der Waals surface area (Å²) in [5, 5.41) is 3.60. The lowest BCUT2D eigenvalue weighted by Gasteiger charge is -2.11. The van der Waals surface area contributed by atoms with Gasteiger partial charge in [0, 0.05) is 20.1 Å². The van der Waals surface area contributed by atoms with Crippen LogP contribution in [0.4, 0.5) is 0 Å². The van der Waals surface area contributed by atoms with E-state index >= 15 is 0 Å². The average Bonchev–Trinajstić information content (AvgIpc) is 2.89. The summed E-state index contributed by atoms with van der Waals surface area (Å²) >= 11 is 21.6. The van der Waals surface area contributed by atoms with Crippen LogP contribution in [0.1, 0.15) is 5.56 Å². The molecule has 0 radical (unpaired) electrons. The molecule has 1 saturated heterocycles. The van der Waals surface area contributed by atoms with E-state index in [0.29, 0.717) is 44.0 Å². The smallest absolute Gasteiger partial charge is 0.263 e. The number of carbonyl (C=O) groups excluding carboxylic acids is 1. The molecule has 1 N–H and O–H groups in total. The molecule has 0 aromatic heterocycles. The Kier molecular flexibility index (Phi) is 7.05. The lowest BCUT2D eigenvalue weighted by atomic mass is 10.2. The van der Waals surface area contributed by atoms with Gasteiger partial charge in [0.25, 0.3) is 5.91 Å². The third-order valence-corrected chi connectivity index (χ3v) is 5.44. The first kappa shape index (κ1) is 20.5. The largest absolute Gasteiger partial charge is 0.490 e. The molecule has 0 atom stereocenters. The van der Waals surface area contributed by atoms with E-state index in [1.54, 1.807) is 24.3 Å². The molecule has 0 saturated carbocycles. The minimum absolute atomic E-state index is 0.211. The number of rotatable bonds is 6. The molecular weight excluding hydrogens is 493 g/mol. The molecule has 2 aromatic rings. The zero-order valence-corrected chi connectivity index (χ0v) is 18.4. The van der Waals surface area contributed by atoms with Gasteiger partial charge in [0.2, 0.25) is 0 Å². The minimum atomic E-state index is -0.211. The summed E-state index contributed by atoms with van der Waals surface area (Å²) in [6, 6.07) is 10.6. The van der Waals surface area contributed by atoms with Crippen molar-refractivity contribution in [3.8, 4) is 11.5 Å². The zero-order valence-electron chi connectivity index (χ0n) is 13.6. The maximum Gasteiger partial charge on any atom is 0.263 e. The van der Waals surface area contributed by atoms with Gasteiger partial charge in [-0.3, -0.25) is 4.79 Å². The normalized spacial score (nSPS) is 15.1. The first-order chi connectivity index (χ1) is 12.9. The van der Waals surface area contributed by atoms with Crippen LogP contribution in [0.2, 0.25) is 10.0 Å². The Morgan fingerprint density at radius 2 is 1.81 bits per heavy atom. The predicted octanol–water partition coefficient (Wildman–Crippen LogP) is 5.70. The highest BCUT2D eigenvalue weighted by atomic mass is 79.9. The summed E-state index contributed by atoms with van der Waals surface area (Å²) in [5.74, 6) is 0.989. The third kappa shape index (κ3) is 5.86. The van der Waals surface area contributed by atoms with Crippen molar-refractivity contribution in [1.82, 2.24) is 5.32 Å². The summed E-state index contributed by atoms with van der Waals surface area (Å²) in [5.41, 5.74) is 0.762. The third-order valence-electron chi connectivity index (χ3n) is 3.35. The molecule has 1 aliphatic heterocycles. The van der Waals surface area contributed by atoms with Gasteiger partial charge in [-0.25, -0.2) is 0 Å². The van der Waals surface area contributed by atoms with Crippen molar-refractivity contribution in [2.45, 2.75) is 0 Å². The second-order valence-corrected chi connectivity index (χ2v) is 8.84. The van der Waals surface area contributed by atoms with Crippen LogP contribution < -0.4 is 14.8 Å². The number of thioether (sulfide) groups is 1. The van der Waals surface area contributed by atoms with Crippen LogP contribution in [-0.2, 0) is 4.79 Å². The molecule has 2 aromatic carbocycles. The average molecular weight is 505 g/mol. The van der Waals surface area contributed by atoms with E-state index in [0.717, 1.165) is 10.0 Å². The topological polar surface area (TPSA) is 47.6 Å². The van der Waals surface area contributed by atoms with Gasteiger partial charge in [-0.2, -0.15) is 0 Å². The number of hydrogen-bond donors (Lipinski definition) is 1. The van der Waals surface area contributed by atoms with Crippen molar-refractivity contribution >= 4 is 79.4 Å². The van der Waals surface area contributed by atoms with Crippen molar-refractivity contribution in [2.24, 2.45) is 0 Å². The Balaban J connectivity index is 1.66. The minimum Gasteiger partial charge on any atom is -0.490 e. The summed E-state index contributed by atoms with van der Waals surface area (Å²) in [6.07, 6.45) is 1.75. The van der Waals surface area contributed by atoms with Gasteiger partial charge in [-0.15, -0.1) is 0 Å². The van der Waals surface area contributed by atoms with E-state index in [9.17, 15) is 4.79 Å². The van der Waals surface area contributed by atoms with Gasteiger partial charge in [0.15, 0.2) is 0 Å². The van der Waals surface area contributed by atoms with E-state index in [4.69, 9.17) is 44.9 Å². The highest BCUT2D eigenvalue weighted by Crippen LogP contribution is 2.31. The van der Waals surface area contributed by atoms with Gasteiger partial charge >= 0.3 is 0 Å². The summed E-state index contributed by atoms with van der Waals surface area (Å²) < 4.78 is 12.7. The number of thiocarbonyl (C=S) groups is 1. The Hall–Kier alpha value is -1.25. The van der Waals surface area contributed by atoms with E-state index < -0.39 is 0 Å². The Bertz CT molecular complexity index is 917. The number of ether oxygens (including phenoxy) is 2. The number of carbonyl (C=O) groups is 1. The predicted molar refractivity (Wildman–Crippen MR) is 118 cm³/mol. The molecule has 140 valence electrons. The fraction of sp³-hybridized carbons (Fsp3) is 0.111. The Morgan fingerprint density at radius 1 is 1.11 bits per heavy atom. The standard InChI is InChI=1S/C18H12BrCl2NO3S2/c19-11-1-2-15(10(5-11)6-16-17(23)22-18(26)27-16)25-4-3-24-14-8-12(20)7-13(21)9-14/h1-2,5-9H,3-4H2,(H,22,23,26). The number of halogens is 3. The fourth-order valence-electron chi connectivity index (χ4n) is 2.25. The van der Waals surface area contributed by atoms with Crippen LogP contribution in [-0.4, -0.2) is 23.4 Å².